The van der Waals surface area contributed by atoms with Crippen molar-refractivity contribution in [3.8, 4) is 11.8 Å². The zero-order chi connectivity index (χ0) is 18.6. The molecule has 1 N–H and O–H groups in total. The highest BCUT2D eigenvalue weighted by Crippen LogP contribution is 2.27. The van der Waals surface area contributed by atoms with Gasteiger partial charge in [0.1, 0.15) is 22.6 Å². The lowest BCUT2D eigenvalue weighted by atomic mass is 9.94. The number of nitrogens with one attached hydrogen (secondary N) is 1. The van der Waals surface area contributed by atoms with E-state index in [9.17, 15) is 12.8 Å². The van der Waals surface area contributed by atoms with E-state index in [1.807, 2.05) is 0 Å². The van der Waals surface area contributed by atoms with Crippen molar-refractivity contribution in [2.24, 2.45) is 0 Å². The summed E-state index contributed by atoms with van der Waals surface area (Å²) in [5, 5.41) is 0. The number of benzene rings is 1. The van der Waals surface area contributed by atoms with Gasteiger partial charge in [0.25, 0.3) is 0 Å². The molecule has 1 aromatic heterocycles. The van der Waals surface area contributed by atoms with Gasteiger partial charge in [-0.25, -0.2) is 27.5 Å². The molecule has 1 saturated carbocycles. The van der Waals surface area contributed by atoms with Crippen molar-refractivity contribution in [3.63, 3.8) is 0 Å². The maximum atomic E-state index is 13.5. The molecule has 140 valence electrons. The molecule has 2 aromatic rings. The molecule has 1 fully saturated rings. The monoisotopic (exact) mass is 381 g/mol. The zero-order valence-electron chi connectivity index (χ0n) is 14.3. The molecule has 1 heterocycles. The van der Waals surface area contributed by atoms with Gasteiger partial charge in [0, 0.05) is 18.4 Å². The third-order valence-corrected chi connectivity index (χ3v) is 5.77. The average Bonchev–Trinajstić information content (AvgIpc) is 2.64. The molecule has 7 nitrogen and oxygen atoms in total. The summed E-state index contributed by atoms with van der Waals surface area (Å²) < 4.78 is 52.0. The van der Waals surface area contributed by atoms with Crippen LogP contribution in [-0.2, 0) is 10.0 Å². The second-order valence-electron chi connectivity index (χ2n) is 6.04. The molecular weight excluding hydrogens is 361 g/mol. The summed E-state index contributed by atoms with van der Waals surface area (Å²) in [5.41, 5.74) is 0. The summed E-state index contributed by atoms with van der Waals surface area (Å²) in [6, 6.07) is 5.20. The lowest BCUT2D eigenvalue weighted by molar-refractivity contribution is 0.132. The van der Waals surface area contributed by atoms with Crippen molar-refractivity contribution in [1.82, 2.24) is 14.7 Å². The zero-order valence-corrected chi connectivity index (χ0v) is 15.1. The molecule has 1 aromatic carbocycles. The Hall–Kier alpha value is -2.26. The van der Waals surface area contributed by atoms with E-state index in [-0.39, 0.29) is 22.8 Å². The standard InChI is InChI=1S/C17H20FN3O4S/c1-24-15-8-3-12(18)11-16(15)26(22,23)21-13-4-6-14(7-5-13)25-17-19-9-2-10-20-17/h2-3,8-11,13-14,21H,4-7H2,1H3. The average molecular weight is 381 g/mol. The summed E-state index contributed by atoms with van der Waals surface area (Å²) in [7, 11) is -2.53. The molecule has 0 bridgehead atoms. The SMILES string of the molecule is COc1ccc(F)cc1S(=O)(=O)NC1CCC(Oc2ncccn2)CC1. The molecule has 0 radical (unpaired) electrons. The Morgan fingerprint density at radius 3 is 2.50 bits per heavy atom. The molecule has 1 aliphatic carbocycles. The van der Waals surface area contributed by atoms with Gasteiger partial charge in [-0.05, 0) is 49.9 Å². The van der Waals surface area contributed by atoms with Crippen LogP contribution in [-0.4, -0.2) is 37.6 Å². The van der Waals surface area contributed by atoms with E-state index < -0.39 is 15.8 Å². The Morgan fingerprint density at radius 1 is 1.15 bits per heavy atom. The van der Waals surface area contributed by atoms with E-state index in [0.717, 1.165) is 12.1 Å². The largest absolute Gasteiger partial charge is 0.495 e. The number of sulfonamides is 1. The highest BCUT2D eigenvalue weighted by atomic mass is 32.2. The van der Waals surface area contributed by atoms with E-state index in [1.54, 1.807) is 18.5 Å². The first-order valence-corrected chi connectivity index (χ1v) is 9.76. The highest BCUT2D eigenvalue weighted by molar-refractivity contribution is 7.89. The van der Waals surface area contributed by atoms with Crippen LogP contribution in [0.4, 0.5) is 4.39 Å². The molecular formula is C17H20FN3O4S. The number of halogens is 1. The van der Waals surface area contributed by atoms with Gasteiger partial charge in [0.15, 0.2) is 0 Å². The van der Waals surface area contributed by atoms with E-state index >= 15 is 0 Å². The van der Waals surface area contributed by atoms with E-state index in [2.05, 4.69) is 14.7 Å². The minimum absolute atomic E-state index is 0.0538. The second-order valence-corrected chi connectivity index (χ2v) is 7.72. The number of ether oxygens (including phenoxy) is 2. The van der Waals surface area contributed by atoms with E-state index in [1.165, 1.54) is 13.2 Å². The number of nitrogens with zero attached hydrogens (tertiary/aromatic N) is 2. The molecule has 9 heteroatoms. The minimum Gasteiger partial charge on any atom is -0.495 e. The van der Waals surface area contributed by atoms with Crippen LogP contribution in [0.25, 0.3) is 0 Å². The number of methoxy groups -OCH3 is 1. The molecule has 1 aliphatic rings. The summed E-state index contributed by atoms with van der Waals surface area (Å²) >= 11 is 0. The molecule has 0 unspecified atom stereocenters. The minimum atomic E-state index is -3.88. The van der Waals surface area contributed by atoms with Crippen molar-refractivity contribution in [3.05, 3.63) is 42.5 Å². The summed E-state index contributed by atoms with van der Waals surface area (Å²) in [6.07, 6.45) is 5.71. The second kappa shape index (κ2) is 7.96. The van der Waals surface area contributed by atoms with Crippen molar-refractivity contribution in [2.45, 2.75) is 42.7 Å². The van der Waals surface area contributed by atoms with Crippen LogP contribution in [0.5, 0.6) is 11.8 Å². The van der Waals surface area contributed by atoms with Crippen LogP contribution in [0.2, 0.25) is 0 Å². The van der Waals surface area contributed by atoms with Gasteiger partial charge < -0.3 is 9.47 Å². The number of hydrogen-bond donors (Lipinski definition) is 1. The van der Waals surface area contributed by atoms with E-state index in [0.29, 0.717) is 31.7 Å². The predicted molar refractivity (Wildman–Crippen MR) is 92.0 cm³/mol. The summed E-state index contributed by atoms with van der Waals surface area (Å²) in [6.45, 7) is 0. The van der Waals surface area contributed by atoms with Gasteiger partial charge >= 0.3 is 6.01 Å². The molecule has 26 heavy (non-hydrogen) atoms. The van der Waals surface area contributed by atoms with Gasteiger partial charge in [-0.3, -0.25) is 0 Å². The first kappa shape index (κ1) is 18.5. The molecule has 0 aliphatic heterocycles. The predicted octanol–water partition coefficient (Wildman–Crippen LogP) is 2.29. The summed E-state index contributed by atoms with van der Waals surface area (Å²) in [5.74, 6) is -0.525. The topological polar surface area (TPSA) is 90.4 Å². The van der Waals surface area contributed by atoms with Gasteiger partial charge in [0.2, 0.25) is 10.0 Å². The number of rotatable bonds is 6. The van der Waals surface area contributed by atoms with Gasteiger partial charge in [-0.1, -0.05) is 0 Å². The normalized spacial score (nSPS) is 20.5. The maximum Gasteiger partial charge on any atom is 0.316 e. The smallest absolute Gasteiger partial charge is 0.316 e. The van der Waals surface area contributed by atoms with Crippen molar-refractivity contribution in [1.29, 1.82) is 0 Å². The van der Waals surface area contributed by atoms with Crippen LogP contribution < -0.4 is 14.2 Å². The third kappa shape index (κ3) is 4.47. The van der Waals surface area contributed by atoms with Crippen LogP contribution in [0, 0.1) is 5.82 Å². The maximum absolute atomic E-state index is 13.5. The Morgan fingerprint density at radius 2 is 1.85 bits per heavy atom. The van der Waals surface area contributed by atoms with Crippen molar-refractivity contribution < 1.29 is 22.3 Å². The fourth-order valence-electron chi connectivity index (χ4n) is 2.94. The number of aromatic nitrogens is 2. The lowest BCUT2D eigenvalue weighted by Crippen LogP contribution is -2.39. The highest BCUT2D eigenvalue weighted by Gasteiger charge is 2.28. The lowest BCUT2D eigenvalue weighted by Gasteiger charge is -2.28. The Kier molecular flexibility index (Phi) is 5.67. The molecule has 0 spiro atoms. The quantitative estimate of drug-likeness (QED) is 0.826. The van der Waals surface area contributed by atoms with Crippen molar-refractivity contribution in [2.75, 3.05) is 7.11 Å². The van der Waals surface area contributed by atoms with Crippen LogP contribution in [0.15, 0.2) is 41.6 Å². The molecule has 0 atom stereocenters. The number of hydrogen-bond acceptors (Lipinski definition) is 6. The van der Waals surface area contributed by atoms with Gasteiger partial charge in [-0.2, -0.15) is 0 Å². The Balaban J connectivity index is 1.61. The Labute approximate surface area is 151 Å². The van der Waals surface area contributed by atoms with Crippen molar-refractivity contribution >= 4 is 10.0 Å². The van der Waals surface area contributed by atoms with Gasteiger partial charge in [0.05, 0.1) is 7.11 Å². The van der Waals surface area contributed by atoms with Gasteiger partial charge in [-0.15, -0.1) is 0 Å². The fourth-order valence-corrected chi connectivity index (χ4v) is 4.42. The Bertz CT molecular complexity index is 840. The van der Waals surface area contributed by atoms with E-state index in [4.69, 9.17) is 9.47 Å². The molecule has 3 rings (SSSR count). The van der Waals surface area contributed by atoms with Crippen LogP contribution in [0.3, 0.4) is 0 Å². The first-order chi connectivity index (χ1) is 12.5. The molecule has 0 amide bonds. The van der Waals surface area contributed by atoms with Crippen LogP contribution >= 0.6 is 0 Å². The third-order valence-electron chi connectivity index (χ3n) is 4.23. The van der Waals surface area contributed by atoms with Crippen LogP contribution in [0.1, 0.15) is 25.7 Å². The summed E-state index contributed by atoms with van der Waals surface area (Å²) in [4.78, 5) is 7.85. The first-order valence-electron chi connectivity index (χ1n) is 8.27. The fraction of sp³-hybridized carbons (Fsp3) is 0.412. The molecule has 0 saturated heterocycles.